The Kier molecular flexibility index (Phi) is 6.28. The number of hydrogen-bond donors (Lipinski definition) is 1. The molecule has 5 aromatic rings. The van der Waals surface area contributed by atoms with Gasteiger partial charge in [-0.15, -0.1) is 11.3 Å². The fraction of sp³-hybridized carbons (Fsp3) is 0.120. The molecule has 1 N–H and O–H groups in total. The van der Waals surface area contributed by atoms with Gasteiger partial charge in [-0.25, -0.2) is 13.4 Å². The summed E-state index contributed by atoms with van der Waals surface area (Å²) in [5.41, 5.74) is 3.90. The lowest BCUT2D eigenvalue weighted by molar-refractivity contribution is 0.415. The summed E-state index contributed by atoms with van der Waals surface area (Å²) in [6.07, 6.45) is 3.74. The molecular formula is C25H21IN4O3S2. The first kappa shape index (κ1) is 23.8. The average Bonchev–Trinajstić information content (AvgIpc) is 3.42. The zero-order chi connectivity index (χ0) is 24.7. The van der Waals surface area contributed by atoms with Crippen LogP contribution in [0.25, 0.3) is 31.8 Å². The predicted molar refractivity (Wildman–Crippen MR) is 149 cm³/mol. The molecule has 0 saturated carbocycles. The highest BCUT2D eigenvalue weighted by Crippen LogP contribution is 2.47. The number of pyridine rings is 1. The number of halogens is 1. The van der Waals surface area contributed by atoms with Crippen LogP contribution in [0.4, 0.5) is 5.69 Å². The van der Waals surface area contributed by atoms with E-state index in [0.717, 1.165) is 35.4 Å². The van der Waals surface area contributed by atoms with E-state index in [9.17, 15) is 8.42 Å². The third-order valence-corrected chi connectivity index (χ3v) is 8.63. The molecule has 0 amide bonds. The zero-order valence-electron chi connectivity index (χ0n) is 19.1. The van der Waals surface area contributed by atoms with Gasteiger partial charge in [0, 0.05) is 43.9 Å². The number of aryl methyl sites for hydroxylation is 2. The first-order valence-electron chi connectivity index (χ1n) is 10.6. The highest BCUT2D eigenvalue weighted by molar-refractivity contribution is 14.1. The van der Waals surface area contributed by atoms with Gasteiger partial charge < -0.3 is 4.74 Å². The van der Waals surface area contributed by atoms with Crippen LogP contribution in [0.1, 0.15) is 5.69 Å². The maximum atomic E-state index is 13.4. The van der Waals surface area contributed by atoms with Crippen molar-refractivity contribution in [3.63, 3.8) is 0 Å². The lowest BCUT2D eigenvalue weighted by Gasteiger charge is -2.13. The number of ether oxygens (including phenoxy) is 1. The van der Waals surface area contributed by atoms with Crippen LogP contribution in [0.5, 0.6) is 5.75 Å². The second-order valence-corrected chi connectivity index (χ2v) is 11.9. The van der Waals surface area contributed by atoms with Gasteiger partial charge in [0.05, 0.1) is 23.9 Å². The third kappa shape index (κ3) is 4.65. The Bertz CT molecular complexity index is 1680. The van der Waals surface area contributed by atoms with Gasteiger partial charge in [-0.05, 0) is 71.5 Å². The zero-order valence-corrected chi connectivity index (χ0v) is 22.9. The lowest BCUT2D eigenvalue weighted by Crippen LogP contribution is -2.13. The molecule has 5 rings (SSSR count). The van der Waals surface area contributed by atoms with Crippen LogP contribution in [0.2, 0.25) is 0 Å². The topological polar surface area (TPSA) is 86.1 Å². The molecule has 0 radical (unpaired) electrons. The molecule has 10 heteroatoms. The van der Waals surface area contributed by atoms with Crippen molar-refractivity contribution in [3.8, 4) is 27.3 Å². The number of sulfonamides is 1. The number of benzene rings is 2. The summed E-state index contributed by atoms with van der Waals surface area (Å²) >= 11 is 3.62. The van der Waals surface area contributed by atoms with Crippen LogP contribution >= 0.6 is 33.9 Å². The number of hydrogen-bond acceptors (Lipinski definition) is 6. The van der Waals surface area contributed by atoms with Crippen molar-refractivity contribution in [2.24, 2.45) is 7.05 Å². The molecule has 0 bridgehead atoms. The Morgan fingerprint density at radius 2 is 1.89 bits per heavy atom. The Labute approximate surface area is 221 Å². The van der Waals surface area contributed by atoms with E-state index in [1.807, 2.05) is 50.5 Å². The Balaban J connectivity index is 1.79. The maximum absolute atomic E-state index is 13.4. The quantitative estimate of drug-likeness (QED) is 0.234. The minimum absolute atomic E-state index is 0.206. The van der Waals surface area contributed by atoms with Gasteiger partial charge in [0.1, 0.15) is 10.6 Å². The SMILES string of the molecule is COc1cccc(-c2c(-c3cnn(C)c3)sc3nc(C)cc(NS(=O)(=O)c4cccc(I)c4)c23)c1. The molecule has 35 heavy (non-hydrogen) atoms. The molecule has 0 spiro atoms. The second kappa shape index (κ2) is 9.25. The standard InChI is InChI=1S/C25H21IN4O3S2/c1-15-10-21(29-35(31,32)20-9-5-7-18(26)12-20)23-22(16-6-4-8-19(11-16)33-3)24(34-25(23)28-15)17-13-27-30(2)14-17/h4-14H,1-3H3,(H,28,29). The van der Waals surface area contributed by atoms with Crippen molar-refractivity contribution in [2.75, 3.05) is 11.8 Å². The van der Waals surface area contributed by atoms with E-state index in [1.54, 1.807) is 42.3 Å². The molecule has 0 saturated heterocycles. The molecule has 0 aliphatic heterocycles. The van der Waals surface area contributed by atoms with Crippen LogP contribution in [0.3, 0.4) is 0 Å². The Morgan fingerprint density at radius 3 is 2.60 bits per heavy atom. The predicted octanol–water partition coefficient (Wildman–Crippen LogP) is 6.09. The summed E-state index contributed by atoms with van der Waals surface area (Å²) in [6.45, 7) is 1.86. The van der Waals surface area contributed by atoms with E-state index >= 15 is 0 Å². The Hall–Kier alpha value is -2.96. The van der Waals surface area contributed by atoms with Crippen molar-refractivity contribution in [1.82, 2.24) is 14.8 Å². The number of nitrogens with zero attached hydrogens (tertiary/aromatic N) is 3. The van der Waals surface area contributed by atoms with E-state index in [1.165, 1.54) is 11.3 Å². The van der Waals surface area contributed by atoms with Gasteiger partial charge in [0.15, 0.2) is 0 Å². The maximum Gasteiger partial charge on any atom is 0.261 e. The van der Waals surface area contributed by atoms with Crippen molar-refractivity contribution in [3.05, 3.63) is 76.3 Å². The fourth-order valence-corrected chi connectivity index (χ4v) is 7.04. The highest BCUT2D eigenvalue weighted by atomic mass is 127. The fourth-order valence-electron chi connectivity index (χ4n) is 3.94. The number of thiophene rings is 1. The van der Waals surface area contributed by atoms with Crippen molar-refractivity contribution in [1.29, 1.82) is 0 Å². The average molecular weight is 617 g/mol. The van der Waals surface area contributed by atoms with E-state index < -0.39 is 10.0 Å². The minimum Gasteiger partial charge on any atom is -0.497 e. The van der Waals surface area contributed by atoms with Crippen LogP contribution in [0.15, 0.2) is 71.9 Å². The molecule has 0 aliphatic carbocycles. The van der Waals surface area contributed by atoms with Gasteiger partial charge in [0.25, 0.3) is 10.0 Å². The first-order chi connectivity index (χ1) is 16.7. The van der Waals surface area contributed by atoms with Gasteiger partial charge in [-0.3, -0.25) is 9.40 Å². The first-order valence-corrected chi connectivity index (χ1v) is 14.0. The molecular weight excluding hydrogens is 595 g/mol. The molecule has 3 heterocycles. The van der Waals surface area contributed by atoms with Gasteiger partial charge in [-0.1, -0.05) is 18.2 Å². The molecule has 7 nitrogen and oxygen atoms in total. The summed E-state index contributed by atoms with van der Waals surface area (Å²) in [6, 6.07) is 16.3. The molecule has 178 valence electrons. The smallest absolute Gasteiger partial charge is 0.261 e. The third-order valence-electron chi connectivity index (χ3n) is 5.47. The molecule has 0 aliphatic rings. The van der Waals surface area contributed by atoms with Crippen LogP contribution in [0, 0.1) is 10.5 Å². The summed E-state index contributed by atoms with van der Waals surface area (Å²) in [5, 5.41) is 5.08. The summed E-state index contributed by atoms with van der Waals surface area (Å²) < 4.78 is 37.6. The Morgan fingerprint density at radius 1 is 1.09 bits per heavy atom. The van der Waals surface area contributed by atoms with Gasteiger partial charge in [0.2, 0.25) is 0 Å². The van der Waals surface area contributed by atoms with E-state index in [2.05, 4.69) is 32.4 Å². The number of methoxy groups -OCH3 is 1. The van der Waals surface area contributed by atoms with E-state index in [-0.39, 0.29) is 4.90 Å². The summed E-state index contributed by atoms with van der Waals surface area (Å²) in [5.74, 6) is 0.708. The molecule has 0 unspecified atom stereocenters. The highest BCUT2D eigenvalue weighted by Gasteiger charge is 2.24. The molecule has 0 atom stereocenters. The van der Waals surface area contributed by atoms with Crippen LogP contribution in [-0.2, 0) is 17.1 Å². The minimum atomic E-state index is -3.83. The summed E-state index contributed by atoms with van der Waals surface area (Å²) in [7, 11) is -0.336. The van der Waals surface area contributed by atoms with Crippen LogP contribution < -0.4 is 9.46 Å². The number of nitrogens with one attached hydrogen (secondary N) is 1. The number of aromatic nitrogens is 3. The summed E-state index contributed by atoms with van der Waals surface area (Å²) in [4.78, 5) is 6.66. The normalized spacial score (nSPS) is 11.7. The monoisotopic (exact) mass is 616 g/mol. The largest absolute Gasteiger partial charge is 0.497 e. The van der Waals surface area contributed by atoms with E-state index in [0.29, 0.717) is 17.1 Å². The molecule has 0 fully saturated rings. The van der Waals surface area contributed by atoms with Crippen molar-refractivity contribution < 1.29 is 13.2 Å². The van der Waals surface area contributed by atoms with Gasteiger partial charge in [-0.2, -0.15) is 5.10 Å². The van der Waals surface area contributed by atoms with Crippen LogP contribution in [-0.4, -0.2) is 30.3 Å². The lowest BCUT2D eigenvalue weighted by atomic mass is 9.99. The number of fused-ring (bicyclic) bond motifs is 1. The molecule has 3 aromatic heterocycles. The number of rotatable bonds is 6. The van der Waals surface area contributed by atoms with Crippen molar-refractivity contribution >= 4 is 59.9 Å². The van der Waals surface area contributed by atoms with E-state index in [4.69, 9.17) is 9.72 Å². The second-order valence-electron chi connectivity index (χ2n) is 8.00. The number of anilines is 1. The van der Waals surface area contributed by atoms with Gasteiger partial charge >= 0.3 is 0 Å². The van der Waals surface area contributed by atoms with Crippen molar-refractivity contribution in [2.45, 2.75) is 11.8 Å². The molecule has 2 aromatic carbocycles.